The number of oxime groups is 1. The van der Waals surface area contributed by atoms with Crippen LogP contribution in [0.1, 0.15) is 12.5 Å². The van der Waals surface area contributed by atoms with Crippen LogP contribution in [0.25, 0.3) is 0 Å². The number of esters is 1. The predicted molar refractivity (Wildman–Crippen MR) is 79.5 cm³/mol. The van der Waals surface area contributed by atoms with Crippen LogP contribution >= 0.6 is 15.9 Å². The van der Waals surface area contributed by atoms with Crippen LogP contribution in [0.5, 0.6) is 5.75 Å². The van der Waals surface area contributed by atoms with Crippen molar-refractivity contribution in [2.24, 2.45) is 5.16 Å². The number of hydrogen-bond acceptors (Lipinski definition) is 6. The van der Waals surface area contributed by atoms with E-state index in [1.165, 1.54) is 19.2 Å². The summed E-state index contributed by atoms with van der Waals surface area (Å²) in [4.78, 5) is 16.3. The highest BCUT2D eigenvalue weighted by Crippen LogP contribution is 2.30. The average molecular weight is 376 g/mol. The van der Waals surface area contributed by atoms with E-state index in [4.69, 9.17) is 14.3 Å². The number of halogens is 2. The normalized spacial score (nSPS) is 16.9. The Hall–Kier alpha value is -1.67. The molecule has 0 aromatic heterocycles. The van der Waals surface area contributed by atoms with Crippen LogP contribution in [0.2, 0.25) is 0 Å². The van der Waals surface area contributed by atoms with Gasteiger partial charge in [-0.3, -0.25) is 0 Å². The quantitative estimate of drug-likeness (QED) is 0.713. The standard InChI is InChI=1S/C14H15BrFNO5/c1-3-20-12-6-22-17-14(12)8-4-9(15)10(16)5-11(8)21-7-13(18)19-2/h4-5,12H,3,6-7H2,1-2H3. The Morgan fingerprint density at radius 2 is 2.32 bits per heavy atom. The number of hydrogen-bond donors (Lipinski definition) is 0. The molecule has 22 heavy (non-hydrogen) atoms. The summed E-state index contributed by atoms with van der Waals surface area (Å²) in [7, 11) is 1.24. The lowest BCUT2D eigenvalue weighted by Crippen LogP contribution is -2.25. The molecule has 0 N–H and O–H groups in total. The number of methoxy groups -OCH3 is 1. The Morgan fingerprint density at radius 3 is 3.00 bits per heavy atom. The summed E-state index contributed by atoms with van der Waals surface area (Å²) in [6.45, 7) is 2.27. The summed E-state index contributed by atoms with van der Waals surface area (Å²) in [5.41, 5.74) is 0.982. The van der Waals surface area contributed by atoms with Crippen LogP contribution in [0, 0.1) is 5.82 Å². The summed E-state index contributed by atoms with van der Waals surface area (Å²) in [5.74, 6) is -0.920. The smallest absolute Gasteiger partial charge is 0.343 e. The highest BCUT2D eigenvalue weighted by Gasteiger charge is 2.29. The fourth-order valence-corrected chi connectivity index (χ4v) is 2.25. The summed E-state index contributed by atoms with van der Waals surface area (Å²) < 4.78 is 29.4. The topological polar surface area (TPSA) is 66.3 Å². The largest absolute Gasteiger partial charge is 0.481 e. The molecule has 2 rings (SSSR count). The van der Waals surface area contributed by atoms with Crippen molar-refractivity contribution in [2.45, 2.75) is 13.0 Å². The van der Waals surface area contributed by atoms with Gasteiger partial charge in [-0.15, -0.1) is 0 Å². The zero-order valence-electron chi connectivity index (χ0n) is 12.1. The number of carbonyl (C=O) groups excluding carboxylic acids is 1. The second-order valence-electron chi connectivity index (χ2n) is 4.34. The Labute approximate surface area is 135 Å². The van der Waals surface area contributed by atoms with Gasteiger partial charge in [-0.1, -0.05) is 5.16 Å². The number of nitrogens with zero attached hydrogens (tertiary/aromatic N) is 1. The van der Waals surface area contributed by atoms with E-state index in [0.717, 1.165) is 0 Å². The second-order valence-corrected chi connectivity index (χ2v) is 5.20. The first kappa shape index (κ1) is 16.7. The van der Waals surface area contributed by atoms with Gasteiger partial charge in [-0.2, -0.15) is 0 Å². The van der Waals surface area contributed by atoms with Crippen molar-refractivity contribution in [1.82, 2.24) is 0 Å². The molecule has 1 heterocycles. The molecule has 120 valence electrons. The zero-order chi connectivity index (χ0) is 16.1. The maximum absolute atomic E-state index is 13.8. The molecule has 0 radical (unpaired) electrons. The first-order valence-corrected chi connectivity index (χ1v) is 7.36. The lowest BCUT2D eigenvalue weighted by atomic mass is 10.0. The number of rotatable bonds is 6. The van der Waals surface area contributed by atoms with Crippen molar-refractivity contribution < 1.29 is 28.2 Å². The average Bonchev–Trinajstić information content (AvgIpc) is 2.96. The lowest BCUT2D eigenvalue weighted by Gasteiger charge is -2.15. The zero-order valence-corrected chi connectivity index (χ0v) is 13.7. The van der Waals surface area contributed by atoms with E-state index in [9.17, 15) is 9.18 Å². The van der Waals surface area contributed by atoms with E-state index in [-0.39, 0.29) is 29.5 Å². The SMILES string of the molecule is CCOC1CON=C1c1cc(Br)c(F)cc1OCC(=O)OC. The molecular weight excluding hydrogens is 361 g/mol. The van der Waals surface area contributed by atoms with Crippen LogP contribution in [0.15, 0.2) is 21.8 Å². The van der Waals surface area contributed by atoms with Gasteiger partial charge >= 0.3 is 5.97 Å². The van der Waals surface area contributed by atoms with Crippen molar-refractivity contribution in [3.05, 3.63) is 28.0 Å². The molecule has 0 aliphatic carbocycles. The van der Waals surface area contributed by atoms with Gasteiger partial charge in [0.15, 0.2) is 6.61 Å². The molecule has 0 fully saturated rings. The van der Waals surface area contributed by atoms with Gasteiger partial charge in [-0.25, -0.2) is 9.18 Å². The first-order valence-electron chi connectivity index (χ1n) is 6.57. The third-order valence-corrected chi connectivity index (χ3v) is 3.54. The molecule has 1 unspecified atom stereocenters. The van der Waals surface area contributed by atoms with E-state index in [1.54, 1.807) is 0 Å². The molecule has 8 heteroatoms. The molecule has 6 nitrogen and oxygen atoms in total. The van der Waals surface area contributed by atoms with E-state index in [0.29, 0.717) is 17.9 Å². The third-order valence-electron chi connectivity index (χ3n) is 2.93. The Bertz CT molecular complexity index is 593. The van der Waals surface area contributed by atoms with E-state index >= 15 is 0 Å². The van der Waals surface area contributed by atoms with Crippen LogP contribution in [-0.2, 0) is 19.1 Å². The van der Waals surface area contributed by atoms with Gasteiger partial charge in [0.05, 0.1) is 11.6 Å². The van der Waals surface area contributed by atoms with Gasteiger partial charge < -0.3 is 19.0 Å². The molecule has 1 aromatic rings. The molecule has 0 spiro atoms. The maximum Gasteiger partial charge on any atom is 0.343 e. The van der Waals surface area contributed by atoms with Gasteiger partial charge in [0.2, 0.25) is 0 Å². The fourth-order valence-electron chi connectivity index (χ4n) is 1.91. The molecule has 0 bridgehead atoms. The predicted octanol–water partition coefficient (Wildman–Crippen LogP) is 2.28. The van der Waals surface area contributed by atoms with E-state index < -0.39 is 11.8 Å². The summed E-state index contributed by atoms with van der Waals surface area (Å²) in [5, 5.41) is 3.94. The van der Waals surface area contributed by atoms with Crippen LogP contribution in [0.4, 0.5) is 4.39 Å². The van der Waals surface area contributed by atoms with Gasteiger partial charge in [0.1, 0.15) is 30.0 Å². The summed E-state index contributed by atoms with van der Waals surface area (Å²) in [6, 6.07) is 2.69. The van der Waals surface area contributed by atoms with Gasteiger partial charge in [0, 0.05) is 18.2 Å². The molecule has 0 saturated carbocycles. The fraction of sp³-hybridized carbons (Fsp3) is 0.429. The minimum atomic E-state index is -0.569. The first-order chi connectivity index (χ1) is 10.6. The minimum absolute atomic E-state index is 0.167. The molecular formula is C14H15BrFNO5. The Kier molecular flexibility index (Phi) is 5.73. The summed E-state index contributed by atoms with van der Waals surface area (Å²) >= 11 is 3.12. The van der Waals surface area contributed by atoms with Gasteiger partial charge in [-0.05, 0) is 28.9 Å². The van der Waals surface area contributed by atoms with Crippen molar-refractivity contribution in [3.8, 4) is 5.75 Å². The number of ether oxygens (including phenoxy) is 3. The van der Waals surface area contributed by atoms with Crippen LogP contribution < -0.4 is 4.74 Å². The van der Waals surface area contributed by atoms with E-state index in [1.807, 2.05) is 6.92 Å². The maximum atomic E-state index is 13.8. The monoisotopic (exact) mass is 375 g/mol. The Morgan fingerprint density at radius 1 is 1.55 bits per heavy atom. The van der Waals surface area contributed by atoms with Gasteiger partial charge in [0.25, 0.3) is 0 Å². The van der Waals surface area contributed by atoms with E-state index in [2.05, 4.69) is 25.8 Å². The van der Waals surface area contributed by atoms with Crippen molar-refractivity contribution in [1.29, 1.82) is 0 Å². The molecule has 0 saturated heterocycles. The van der Waals surface area contributed by atoms with Crippen LogP contribution in [0.3, 0.4) is 0 Å². The molecule has 0 amide bonds. The highest BCUT2D eigenvalue weighted by molar-refractivity contribution is 9.10. The molecule has 1 aliphatic heterocycles. The highest BCUT2D eigenvalue weighted by atomic mass is 79.9. The number of benzene rings is 1. The van der Waals surface area contributed by atoms with Crippen molar-refractivity contribution in [3.63, 3.8) is 0 Å². The second kappa shape index (κ2) is 7.55. The summed E-state index contributed by atoms with van der Waals surface area (Å²) in [6.07, 6.45) is -0.372. The molecule has 1 atom stereocenters. The van der Waals surface area contributed by atoms with Crippen LogP contribution in [-0.4, -0.2) is 44.7 Å². The molecule has 1 aliphatic rings. The lowest BCUT2D eigenvalue weighted by molar-refractivity contribution is -0.142. The minimum Gasteiger partial charge on any atom is -0.481 e. The van der Waals surface area contributed by atoms with Crippen molar-refractivity contribution in [2.75, 3.05) is 26.9 Å². The Balaban J connectivity index is 2.32. The third kappa shape index (κ3) is 3.75. The number of carbonyl (C=O) groups is 1. The molecule has 1 aromatic carbocycles. The van der Waals surface area contributed by atoms with Crippen molar-refractivity contribution >= 4 is 27.6 Å².